The minimum atomic E-state index is -0.521. The minimum Gasteiger partial charge on any atom is -0.324 e. The Morgan fingerprint density at radius 1 is 1.43 bits per heavy atom. The van der Waals surface area contributed by atoms with Gasteiger partial charge in [-0.05, 0) is 25.5 Å². The number of nitrogens with zero attached hydrogens (tertiary/aromatic N) is 2. The van der Waals surface area contributed by atoms with Gasteiger partial charge in [-0.2, -0.15) is 0 Å². The van der Waals surface area contributed by atoms with Crippen LogP contribution in [0.15, 0.2) is 30.5 Å². The molecule has 5 nitrogen and oxygen atoms in total. The van der Waals surface area contributed by atoms with Crippen LogP contribution < -0.4 is 5.32 Å². The first-order valence-electron chi connectivity index (χ1n) is 6.68. The standard InChI is InChI=1S/C15H15N3O2S/c1-9-14(19)17-12-6-4-3-5-11(12)8-18(9)15(20)13-7-16-10(2)21-13/h3-7,9H,8H2,1-2H3,(H,17,19). The average molecular weight is 301 g/mol. The SMILES string of the molecule is Cc1ncc(C(=O)N2Cc3ccccc3NC(=O)C2C)s1. The van der Waals surface area contributed by atoms with Crippen molar-refractivity contribution in [1.82, 2.24) is 9.88 Å². The van der Waals surface area contributed by atoms with Crippen molar-refractivity contribution in [2.45, 2.75) is 26.4 Å². The fourth-order valence-corrected chi connectivity index (χ4v) is 3.06. The second-order valence-corrected chi connectivity index (χ2v) is 6.23. The van der Waals surface area contributed by atoms with E-state index < -0.39 is 6.04 Å². The number of amides is 2. The molecule has 2 amide bonds. The van der Waals surface area contributed by atoms with Gasteiger partial charge >= 0.3 is 0 Å². The number of carbonyl (C=O) groups excluding carboxylic acids is 2. The Kier molecular flexibility index (Phi) is 3.47. The Labute approximate surface area is 126 Å². The van der Waals surface area contributed by atoms with E-state index in [1.54, 1.807) is 18.0 Å². The lowest BCUT2D eigenvalue weighted by atomic mass is 10.1. The fourth-order valence-electron chi connectivity index (χ4n) is 2.33. The highest BCUT2D eigenvalue weighted by molar-refractivity contribution is 7.13. The highest BCUT2D eigenvalue weighted by Gasteiger charge is 2.31. The zero-order chi connectivity index (χ0) is 15.0. The van der Waals surface area contributed by atoms with Crippen molar-refractivity contribution in [2.75, 3.05) is 5.32 Å². The quantitative estimate of drug-likeness (QED) is 0.880. The molecule has 3 rings (SSSR count). The second-order valence-electron chi connectivity index (χ2n) is 5.00. The van der Waals surface area contributed by atoms with Crippen molar-refractivity contribution >= 4 is 28.8 Å². The van der Waals surface area contributed by atoms with Crippen molar-refractivity contribution in [3.63, 3.8) is 0 Å². The summed E-state index contributed by atoms with van der Waals surface area (Å²) in [5.74, 6) is -0.325. The average Bonchev–Trinajstić information content (AvgIpc) is 2.86. The van der Waals surface area contributed by atoms with E-state index in [9.17, 15) is 9.59 Å². The van der Waals surface area contributed by atoms with Gasteiger partial charge in [0.25, 0.3) is 5.91 Å². The molecule has 0 saturated heterocycles. The molecule has 0 spiro atoms. The maximum atomic E-state index is 12.6. The van der Waals surface area contributed by atoms with Crippen LogP contribution in [0.1, 0.15) is 27.2 Å². The number of rotatable bonds is 1. The molecule has 0 saturated carbocycles. The van der Waals surface area contributed by atoms with E-state index >= 15 is 0 Å². The number of fused-ring (bicyclic) bond motifs is 1. The number of carbonyl (C=O) groups is 2. The van der Waals surface area contributed by atoms with Gasteiger partial charge in [0.1, 0.15) is 10.9 Å². The van der Waals surface area contributed by atoms with Gasteiger partial charge in [-0.3, -0.25) is 9.59 Å². The molecule has 0 bridgehead atoms. The Morgan fingerprint density at radius 2 is 2.19 bits per heavy atom. The van der Waals surface area contributed by atoms with Crippen LogP contribution in [-0.4, -0.2) is 27.7 Å². The van der Waals surface area contributed by atoms with Crippen molar-refractivity contribution in [3.8, 4) is 0 Å². The van der Waals surface area contributed by atoms with Gasteiger partial charge in [-0.1, -0.05) is 18.2 Å². The van der Waals surface area contributed by atoms with Crippen LogP contribution in [-0.2, 0) is 11.3 Å². The number of para-hydroxylation sites is 1. The Morgan fingerprint density at radius 3 is 2.90 bits per heavy atom. The first-order chi connectivity index (χ1) is 10.1. The summed E-state index contributed by atoms with van der Waals surface area (Å²) in [6.07, 6.45) is 1.57. The molecule has 1 N–H and O–H groups in total. The van der Waals surface area contributed by atoms with Gasteiger partial charge in [0.2, 0.25) is 5.91 Å². The maximum Gasteiger partial charge on any atom is 0.266 e. The number of benzene rings is 1. The molecule has 2 heterocycles. The van der Waals surface area contributed by atoms with Crippen molar-refractivity contribution in [2.24, 2.45) is 0 Å². The molecule has 1 atom stereocenters. The fraction of sp³-hybridized carbons (Fsp3) is 0.267. The molecule has 21 heavy (non-hydrogen) atoms. The second kappa shape index (κ2) is 5.29. The molecule has 108 valence electrons. The van der Waals surface area contributed by atoms with Crippen molar-refractivity contribution in [3.05, 3.63) is 45.9 Å². The molecule has 1 unspecified atom stereocenters. The van der Waals surface area contributed by atoms with Crippen LogP contribution in [0.4, 0.5) is 5.69 Å². The first kappa shape index (κ1) is 13.8. The van der Waals surface area contributed by atoms with Crippen LogP contribution in [0.3, 0.4) is 0 Å². The van der Waals surface area contributed by atoms with E-state index in [4.69, 9.17) is 0 Å². The lowest BCUT2D eigenvalue weighted by Crippen LogP contribution is -2.43. The third kappa shape index (κ3) is 2.54. The van der Waals surface area contributed by atoms with Gasteiger partial charge < -0.3 is 10.2 Å². The van der Waals surface area contributed by atoms with Crippen LogP contribution in [0.25, 0.3) is 0 Å². The minimum absolute atomic E-state index is 0.153. The molecular formula is C15H15N3O2S. The number of anilines is 1. The van der Waals surface area contributed by atoms with E-state index in [0.29, 0.717) is 11.4 Å². The molecule has 1 aliphatic heterocycles. The largest absolute Gasteiger partial charge is 0.324 e. The van der Waals surface area contributed by atoms with Crippen molar-refractivity contribution in [1.29, 1.82) is 0 Å². The van der Waals surface area contributed by atoms with Gasteiger partial charge in [0.05, 0.1) is 11.2 Å². The van der Waals surface area contributed by atoms with E-state index in [-0.39, 0.29) is 11.8 Å². The molecule has 0 fully saturated rings. The predicted molar refractivity (Wildman–Crippen MR) is 81.3 cm³/mol. The number of thiazole rings is 1. The Balaban J connectivity index is 1.97. The lowest BCUT2D eigenvalue weighted by Gasteiger charge is -2.25. The number of aromatic nitrogens is 1. The third-order valence-corrected chi connectivity index (χ3v) is 4.46. The van der Waals surface area contributed by atoms with Crippen LogP contribution in [0, 0.1) is 6.92 Å². The molecule has 0 radical (unpaired) electrons. The summed E-state index contributed by atoms with van der Waals surface area (Å²) in [6.45, 7) is 4.01. The normalized spacial score (nSPS) is 17.9. The summed E-state index contributed by atoms with van der Waals surface area (Å²) in [4.78, 5) is 31.1. The maximum absolute atomic E-state index is 12.6. The molecule has 1 aromatic heterocycles. The Hall–Kier alpha value is -2.21. The third-order valence-electron chi connectivity index (χ3n) is 3.56. The first-order valence-corrected chi connectivity index (χ1v) is 7.50. The number of nitrogens with one attached hydrogen (secondary N) is 1. The van der Waals surface area contributed by atoms with Crippen LogP contribution in [0.2, 0.25) is 0 Å². The highest BCUT2D eigenvalue weighted by atomic mass is 32.1. The number of aryl methyl sites for hydroxylation is 1. The lowest BCUT2D eigenvalue weighted by molar-refractivity contribution is -0.119. The topological polar surface area (TPSA) is 62.3 Å². The monoisotopic (exact) mass is 301 g/mol. The van der Waals surface area contributed by atoms with Gasteiger partial charge in [0, 0.05) is 12.2 Å². The molecule has 6 heteroatoms. The molecule has 2 aromatic rings. The summed E-state index contributed by atoms with van der Waals surface area (Å²) in [5, 5.41) is 3.71. The van der Waals surface area contributed by atoms with E-state index in [2.05, 4.69) is 10.3 Å². The van der Waals surface area contributed by atoms with Gasteiger partial charge in [0.15, 0.2) is 0 Å². The summed E-state index contributed by atoms with van der Waals surface area (Å²) < 4.78 is 0. The van der Waals surface area contributed by atoms with Gasteiger partial charge in [-0.15, -0.1) is 11.3 Å². The summed E-state index contributed by atoms with van der Waals surface area (Å²) in [6, 6.07) is 7.03. The summed E-state index contributed by atoms with van der Waals surface area (Å²) in [5.41, 5.74) is 1.70. The molecular weight excluding hydrogens is 286 g/mol. The summed E-state index contributed by atoms with van der Waals surface area (Å²) >= 11 is 1.35. The zero-order valence-electron chi connectivity index (χ0n) is 11.8. The highest BCUT2D eigenvalue weighted by Crippen LogP contribution is 2.25. The summed E-state index contributed by atoms with van der Waals surface area (Å²) in [7, 11) is 0. The molecule has 1 aliphatic rings. The van der Waals surface area contributed by atoms with Gasteiger partial charge in [-0.25, -0.2) is 4.98 Å². The smallest absolute Gasteiger partial charge is 0.266 e. The van der Waals surface area contributed by atoms with E-state index in [1.807, 2.05) is 31.2 Å². The zero-order valence-corrected chi connectivity index (χ0v) is 12.6. The van der Waals surface area contributed by atoms with Crippen molar-refractivity contribution < 1.29 is 9.59 Å². The molecule has 1 aromatic carbocycles. The Bertz CT molecular complexity index is 710. The number of hydrogen-bond donors (Lipinski definition) is 1. The van der Waals surface area contributed by atoms with Crippen LogP contribution in [0.5, 0.6) is 0 Å². The van der Waals surface area contributed by atoms with E-state index in [0.717, 1.165) is 16.3 Å². The number of hydrogen-bond acceptors (Lipinski definition) is 4. The predicted octanol–water partition coefficient (Wildman–Crippen LogP) is 2.43. The van der Waals surface area contributed by atoms with Crippen LogP contribution >= 0.6 is 11.3 Å². The van der Waals surface area contributed by atoms with E-state index in [1.165, 1.54) is 11.3 Å². The molecule has 0 aliphatic carbocycles.